The van der Waals surface area contributed by atoms with Gasteiger partial charge < -0.3 is 15.2 Å². The summed E-state index contributed by atoms with van der Waals surface area (Å²) < 4.78 is 5.25. The van der Waals surface area contributed by atoms with E-state index in [4.69, 9.17) is 4.52 Å². The van der Waals surface area contributed by atoms with Gasteiger partial charge in [-0.05, 0) is 24.7 Å². The van der Waals surface area contributed by atoms with E-state index in [0.717, 1.165) is 36.7 Å². The largest absolute Gasteiger partial charge is 0.356 e. The van der Waals surface area contributed by atoms with Crippen molar-refractivity contribution >= 4 is 29.9 Å². The van der Waals surface area contributed by atoms with Gasteiger partial charge in [-0.25, -0.2) is 0 Å². The Labute approximate surface area is 169 Å². The second kappa shape index (κ2) is 11.7. The summed E-state index contributed by atoms with van der Waals surface area (Å²) >= 11 is 0. The van der Waals surface area contributed by atoms with E-state index in [9.17, 15) is 0 Å². The number of hydrogen-bond donors (Lipinski definition) is 2. The van der Waals surface area contributed by atoms with E-state index in [2.05, 4.69) is 46.5 Å². The van der Waals surface area contributed by atoms with Gasteiger partial charge in [0.05, 0.1) is 0 Å². The maximum Gasteiger partial charge on any atom is 0.228 e. The van der Waals surface area contributed by atoms with Gasteiger partial charge in [-0.1, -0.05) is 45.2 Å². The van der Waals surface area contributed by atoms with E-state index >= 15 is 0 Å². The zero-order chi connectivity index (χ0) is 17.4. The van der Waals surface area contributed by atoms with Crippen LogP contribution >= 0.6 is 24.0 Å². The number of aromatic nitrogens is 2. The molecule has 1 aliphatic carbocycles. The minimum atomic E-state index is 0. The zero-order valence-corrected chi connectivity index (χ0v) is 18.4. The van der Waals surface area contributed by atoms with E-state index < -0.39 is 0 Å². The highest BCUT2D eigenvalue weighted by Crippen LogP contribution is 2.30. The maximum absolute atomic E-state index is 5.25. The second-order valence-corrected chi connectivity index (χ2v) is 7.30. The molecule has 2 N–H and O–H groups in total. The van der Waals surface area contributed by atoms with Crippen LogP contribution in [0.5, 0.6) is 0 Å². The average molecular weight is 463 g/mol. The number of nitrogens with zero attached hydrogens (tertiary/aromatic N) is 3. The highest BCUT2D eigenvalue weighted by Gasteiger charge is 2.18. The van der Waals surface area contributed by atoms with Crippen LogP contribution in [0.15, 0.2) is 9.52 Å². The van der Waals surface area contributed by atoms with Crippen molar-refractivity contribution in [2.75, 3.05) is 20.1 Å². The first-order valence-corrected chi connectivity index (χ1v) is 9.35. The van der Waals surface area contributed by atoms with Gasteiger partial charge >= 0.3 is 0 Å². The number of halogens is 1. The first kappa shape index (κ1) is 22.2. The number of rotatable bonds is 7. The Morgan fingerprint density at radius 2 is 2.04 bits per heavy atom. The first-order valence-electron chi connectivity index (χ1n) is 9.35. The molecule has 2 atom stereocenters. The number of nitrogens with one attached hydrogen (secondary N) is 2. The Morgan fingerprint density at radius 3 is 2.68 bits per heavy atom. The predicted octanol–water partition coefficient (Wildman–Crippen LogP) is 3.73. The standard InChI is InChI=1S/C18H33N5O.HI/c1-13(2)17-22-16(24-23-17)9-11-21-18(19-4)20-10-8-15-7-5-6-14(3)12-15;/h13-15H,5-12H2,1-4H3,(H2,19,20,21);1H. The molecule has 0 saturated heterocycles. The lowest BCUT2D eigenvalue weighted by Gasteiger charge is -2.26. The normalized spacial score (nSPS) is 21.1. The summed E-state index contributed by atoms with van der Waals surface area (Å²) in [6.45, 7) is 8.22. The molecule has 0 aromatic carbocycles. The van der Waals surface area contributed by atoms with Gasteiger partial charge in [0.2, 0.25) is 5.89 Å². The van der Waals surface area contributed by atoms with Gasteiger partial charge in [-0.2, -0.15) is 4.98 Å². The molecule has 0 aliphatic heterocycles. The van der Waals surface area contributed by atoms with Crippen LogP contribution in [0.1, 0.15) is 70.5 Å². The molecule has 6 nitrogen and oxygen atoms in total. The summed E-state index contributed by atoms with van der Waals surface area (Å²) in [5.41, 5.74) is 0. The fraction of sp³-hybridized carbons (Fsp3) is 0.833. The predicted molar refractivity (Wildman–Crippen MR) is 113 cm³/mol. The Balaban J connectivity index is 0.00000312. The molecule has 1 aliphatic rings. The molecular weight excluding hydrogens is 429 g/mol. The van der Waals surface area contributed by atoms with Crippen LogP contribution in [-0.2, 0) is 6.42 Å². The topological polar surface area (TPSA) is 75.3 Å². The van der Waals surface area contributed by atoms with Crippen LogP contribution in [0.4, 0.5) is 0 Å². The highest BCUT2D eigenvalue weighted by atomic mass is 127. The summed E-state index contributed by atoms with van der Waals surface area (Å²) in [6, 6.07) is 0. The van der Waals surface area contributed by atoms with Gasteiger partial charge in [-0.3, -0.25) is 4.99 Å². The third-order valence-corrected chi connectivity index (χ3v) is 4.75. The lowest BCUT2D eigenvalue weighted by atomic mass is 9.81. The molecule has 2 rings (SSSR count). The second-order valence-electron chi connectivity index (χ2n) is 7.30. The van der Waals surface area contributed by atoms with E-state index in [1.807, 2.05) is 7.05 Å². The van der Waals surface area contributed by atoms with E-state index in [1.165, 1.54) is 32.1 Å². The summed E-state index contributed by atoms with van der Waals surface area (Å²) in [5, 5.41) is 10.7. The molecule has 0 amide bonds. The van der Waals surface area contributed by atoms with E-state index in [-0.39, 0.29) is 24.0 Å². The molecular formula is C18H34IN5O. The quantitative estimate of drug-likeness (QED) is 0.366. The van der Waals surface area contributed by atoms with Crippen LogP contribution in [0.2, 0.25) is 0 Å². The van der Waals surface area contributed by atoms with Crippen molar-refractivity contribution in [3.05, 3.63) is 11.7 Å². The summed E-state index contributed by atoms with van der Waals surface area (Å²) in [4.78, 5) is 8.66. The third-order valence-electron chi connectivity index (χ3n) is 4.75. The summed E-state index contributed by atoms with van der Waals surface area (Å²) in [5.74, 6) is 4.36. The Hall–Kier alpha value is -0.860. The molecule has 1 aromatic heterocycles. The van der Waals surface area contributed by atoms with Crippen molar-refractivity contribution in [2.24, 2.45) is 16.8 Å². The van der Waals surface area contributed by atoms with Gasteiger partial charge in [0.15, 0.2) is 11.8 Å². The fourth-order valence-electron chi connectivity index (χ4n) is 3.33. The van der Waals surface area contributed by atoms with Crippen LogP contribution < -0.4 is 10.6 Å². The number of guanidine groups is 1. The molecule has 1 aromatic rings. The molecule has 144 valence electrons. The van der Waals surface area contributed by atoms with E-state index in [0.29, 0.717) is 18.2 Å². The van der Waals surface area contributed by atoms with E-state index in [1.54, 1.807) is 0 Å². The van der Waals surface area contributed by atoms with Gasteiger partial charge in [0.25, 0.3) is 0 Å². The molecule has 0 radical (unpaired) electrons. The van der Waals surface area contributed by atoms with Gasteiger partial charge in [0, 0.05) is 32.5 Å². The Morgan fingerprint density at radius 1 is 1.28 bits per heavy atom. The van der Waals surface area contributed by atoms with Crippen molar-refractivity contribution in [3.63, 3.8) is 0 Å². The molecule has 0 spiro atoms. The average Bonchev–Trinajstić information content (AvgIpc) is 3.02. The minimum Gasteiger partial charge on any atom is -0.356 e. The first-order chi connectivity index (χ1) is 11.6. The molecule has 2 unspecified atom stereocenters. The van der Waals surface area contributed by atoms with Crippen LogP contribution in [0.25, 0.3) is 0 Å². The van der Waals surface area contributed by atoms with Crippen molar-refractivity contribution in [3.8, 4) is 0 Å². The minimum absolute atomic E-state index is 0. The molecule has 1 heterocycles. The van der Waals surface area contributed by atoms with Crippen LogP contribution in [0, 0.1) is 11.8 Å². The molecule has 7 heteroatoms. The lowest BCUT2D eigenvalue weighted by molar-refractivity contribution is 0.270. The van der Waals surface area contributed by atoms with Crippen molar-refractivity contribution in [2.45, 2.75) is 65.2 Å². The molecule has 1 fully saturated rings. The Kier molecular flexibility index (Phi) is 10.4. The lowest BCUT2D eigenvalue weighted by Crippen LogP contribution is -2.39. The monoisotopic (exact) mass is 463 g/mol. The van der Waals surface area contributed by atoms with Gasteiger partial charge in [-0.15, -0.1) is 24.0 Å². The van der Waals surface area contributed by atoms with Crippen molar-refractivity contribution in [1.29, 1.82) is 0 Å². The van der Waals surface area contributed by atoms with Crippen molar-refractivity contribution in [1.82, 2.24) is 20.8 Å². The Bertz CT molecular complexity index is 517. The molecule has 25 heavy (non-hydrogen) atoms. The third kappa shape index (κ3) is 7.92. The highest BCUT2D eigenvalue weighted by molar-refractivity contribution is 14.0. The summed E-state index contributed by atoms with van der Waals surface area (Å²) in [6.07, 6.45) is 7.49. The number of aliphatic imine (C=N–C) groups is 1. The van der Waals surface area contributed by atoms with Gasteiger partial charge in [0.1, 0.15) is 0 Å². The smallest absolute Gasteiger partial charge is 0.228 e. The number of hydrogen-bond acceptors (Lipinski definition) is 4. The summed E-state index contributed by atoms with van der Waals surface area (Å²) in [7, 11) is 1.81. The molecule has 0 bridgehead atoms. The zero-order valence-electron chi connectivity index (χ0n) is 16.0. The van der Waals surface area contributed by atoms with Crippen molar-refractivity contribution < 1.29 is 4.52 Å². The fourth-order valence-corrected chi connectivity index (χ4v) is 3.33. The SMILES string of the molecule is CN=C(NCCc1nc(C(C)C)no1)NCCC1CCCC(C)C1.I. The van der Waals surface area contributed by atoms with Crippen LogP contribution in [-0.4, -0.2) is 36.2 Å². The maximum atomic E-state index is 5.25. The molecule has 1 saturated carbocycles. The van der Waals surface area contributed by atoms with Crippen LogP contribution in [0.3, 0.4) is 0 Å².